The summed E-state index contributed by atoms with van der Waals surface area (Å²) in [5.74, 6) is 2.49. The van der Waals surface area contributed by atoms with Gasteiger partial charge in [0, 0.05) is 24.9 Å². The quantitative estimate of drug-likeness (QED) is 0.910. The standard InChI is InChI=1S/C15H26N4O2/c1-10(2)12-16-13(18-17-12)11-6-8-19(9-7-11)14(20)21-15(3,4)5/h10-11H,6-9H2,1-5H3,(H,16,17,18). The Kier molecular flexibility index (Phi) is 4.54. The molecule has 2 heterocycles. The molecule has 21 heavy (non-hydrogen) atoms. The summed E-state index contributed by atoms with van der Waals surface area (Å²) >= 11 is 0. The first-order valence-electron chi connectivity index (χ1n) is 7.66. The number of aromatic nitrogens is 3. The maximum atomic E-state index is 12.0. The molecule has 6 heteroatoms. The van der Waals surface area contributed by atoms with Crippen LogP contribution >= 0.6 is 0 Å². The zero-order valence-electron chi connectivity index (χ0n) is 13.6. The predicted octanol–water partition coefficient (Wildman–Crippen LogP) is 3.04. The van der Waals surface area contributed by atoms with Crippen LogP contribution in [0.2, 0.25) is 0 Å². The van der Waals surface area contributed by atoms with Crippen molar-refractivity contribution in [3.8, 4) is 0 Å². The van der Waals surface area contributed by atoms with Gasteiger partial charge >= 0.3 is 6.09 Å². The third-order valence-corrected chi connectivity index (χ3v) is 3.57. The summed E-state index contributed by atoms with van der Waals surface area (Å²) in [6, 6.07) is 0. The lowest BCUT2D eigenvalue weighted by Crippen LogP contribution is -2.41. The highest BCUT2D eigenvalue weighted by molar-refractivity contribution is 5.68. The van der Waals surface area contributed by atoms with Crippen molar-refractivity contribution < 1.29 is 9.53 Å². The van der Waals surface area contributed by atoms with Gasteiger partial charge in [-0.3, -0.25) is 5.10 Å². The molecule has 1 saturated heterocycles. The number of nitrogens with one attached hydrogen (secondary N) is 1. The number of H-pyrrole nitrogens is 1. The predicted molar refractivity (Wildman–Crippen MR) is 80.3 cm³/mol. The van der Waals surface area contributed by atoms with Crippen molar-refractivity contribution >= 4 is 6.09 Å². The fourth-order valence-electron chi connectivity index (χ4n) is 2.39. The first kappa shape index (κ1) is 15.8. The van der Waals surface area contributed by atoms with Crippen LogP contribution in [0.1, 0.15) is 70.9 Å². The Morgan fingerprint density at radius 1 is 1.33 bits per heavy atom. The number of nitrogens with zero attached hydrogens (tertiary/aromatic N) is 3. The van der Waals surface area contributed by atoms with Gasteiger partial charge in [-0.15, -0.1) is 0 Å². The molecule has 0 atom stereocenters. The second-order valence-electron chi connectivity index (χ2n) is 6.98. The van der Waals surface area contributed by atoms with E-state index < -0.39 is 5.60 Å². The van der Waals surface area contributed by atoms with Gasteiger partial charge in [-0.25, -0.2) is 9.78 Å². The van der Waals surface area contributed by atoms with E-state index in [1.54, 1.807) is 4.90 Å². The van der Waals surface area contributed by atoms with Gasteiger partial charge in [-0.1, -0.05) is 13.8 Å². The number of rotatable bonds is 2. The molecule has 1 aliphatic rings. The second-order valence-corrected chi connectivity index (χ2v) is 6.98. The highest BCUT2D eigenvalue weighted by Gasteiger charge is 2.28. The SMILES string of the molecule is CC(C)c1n[nH]c(C2CCN(C(=O)OC(C)(C)C)CC2)n1. The number of carbonyl (C=O) groups is 1. The molecule has 0 aliphatic carbocycles. The fraction of sp³-hybridized carbons (Fsp3) is 0.800. The van der Waals surface area contributed by atoms with E-state index in [4.69, 9.17) is 4.74 Å². The minimum absolute atomic E-state index is 0.221. The van der Waals surface area contributed by atoms with Gasteiger partial charge in [0.25, 0.3) is 0 Å². The van der Waals surface area contributed by atoms with Gasteiger partial charge in [-0.05, 0) is 33.6 Å². The van der Waals surface area contributed by atoms with Crippen molar-refractivity contribution in [1.82, 2.24) is 20.1 Å². The summed E-state index contributed by atoms with van der Waals surface area (Å²) in [5, 5.41) is 7.30. The summed E-state index contributed by atoms with van der Waals surface area (Å²) in [4.78, 5) is 18.4. The zero-order chi connectivity index (χ0) is 15.6. The van der Waals surface area contributed by atoms with Gasteiger partial charge in [-0.2, -0.15) is 5.10 Å². The molecule has 1 aromatic rings. The van der Waals surface area contributed by atoms with Crippen LogP contribution in [0.5, 0.6) is 0 Å². The van der Waals surface area contributed by atoms with E-state index in [0.29, 0.717) is 24.9 Å². The summed E-state index contributed by atoms with van der Waals surface area (Å²) < 4.78 is 5.40. The first-order chi connectivity index (χ1) is 9.76. The average molecular weight is 294 g/mol. The van der Waals surface area contributed by atoms with Crippen LogP contribution in [-0.2, 0) is 4.74 Å². The molecule has 6 nitrogen and oxygen atoms in total. The molecular weight excluding hydrogens is 268 g/mol. The van der Waals surface area contributed by atoms with Crippen molar-refractivity contribution in [3.05, 3.63) is 11.6 Å². The largest absolute Gasteiger partial charge is 0.444 e. The Morgan fingerprint density at radius 3 is 2.43 bits per heavy atom. The maximum Gasteiger partial charge on any atom is 0.410 e. The summed E-state index contributed by atoms with van der Waals surface area (Å²) in [7, 11) is 0. The third-order valence-electron chi connectivity index (χ3n) is 3.57. The Labute approximate surface area is 126 Å². The van der Waals surface area contributed by atoms with E-state index in [1.165, 1.54) is 0 Å². The number of amides is 1. The Morgan fingerprint density at radius 2 is 1.95 bits per heavy atom. The van der Waals surface area contributed by atoms with Gasteiger partial charge in [0.15, 0.2) is 5.82 Å². The Bertz CT molecular complexity index is 482. The number of hydrogen-bond acceptors (Lipinski definition) is 4. The molecule has 1 amide bonds. The van der Waals surface area contributed by atoms with Crippen LogP contribution in [0.25, 0.3) is 0 Å². The van der Waals surface area contributed by atoms with Crippen molar-refractivity contribution in [2.45, 2.75) is 64.9 Å². The van der Waals surface area contributed by atoms with Gasteiger partial charge in [0.2, 0.25) is 0 Å². The zero-order valence-corrected chi connectivity index (χ0v) is 13.6. The fourth-order valence-corrected chi connectivity index (χ4v) is 2.39. The van der Waals surface area contributed by atoms with E-state index in [9.17, 15) is 4.79 Å². The van der Waals surface area contributed by atoms with E-state index in [-0.39, 0.29) is 6.09 Å². The Balaban J connectivity index is 1.89. The van der Waals surface area contributed by atoms with Crippen LogP contribution in [0.4, 0.5) is 4.79 Å². The molecular formula is C15H26N4O2. The molecule has 1 fully saturated rings. The normalized spacial score (nSPS) is 17.3. The highest BCUT2D eigenvalue weighted by atomic mass is 16.6. The molecule has 1 aromatic heterocycles. The number of piperidine rings is 1. The summed E-state index contributed by atoms with van der Waals surface area (Å²) in [6.07, 6.45) is 1.57. The maximum absolute atomic E-state index is 12.0. The molecule has 2 rings (SSSR count). The van der Waals surface area contributed by atoms with E-state index in [0.717, 1.165) is 24.5 Å². The molecule has 0 spiro atoms. The lowest BCUT2D eigenvalue weighted by atomic mass is 9.96. The number of ether oxygens (including phenoxy) is 1. The summed E-state index contributed by atoms with van der Waals surface area (Å²) in [6.45, 7) is 11.2. The van der Waals surface area contributed by atoms with Crippen molar-refractivity contribution in [1.29, 1.82) is 0 Å². The lowest BCUT2D eigenvalue weighted by molar-refractivity contribution is 0.0203. The average Bonchev–Trinajstić information content (AvgIpc) is 2.86. The van der Waals surface area contributed by atoms with Crippen molar-refractivity contribution in [2.24, 2.45) is 0 Å². The molecule has 1 N–H and O–H groups in total. The van der Waals surface area contributed by atoms with Crippen molar-refractivity contribution in [2.75, 3.05) is 13.1 Å². The number of likely N-dealkylation sites (tertiary alicyclic amines) is 1. The molecule has 0 aromatic carbocycles. The third kappa shape index (κ3) is 4.19. The molecule has 0 unspecified atom stereocenters. The monoisotopic (exact) mass is 294 g/mol. The molecule has 0 bridgehead atoms. The van der Waals surface area contributed by atoms with Crippen LogP contribution in [0.15, 0.2) is 0 Å². The molecule has 0 radical (unpaired) electrons. The van der Waals surface area contributed by atoms with Gasteiger partial charge < -0.3 is 9.64 Å². The minimum atomic E-state index is -0.439. The topological polar surface area (TPSA) is 71.1 Å². The van der Waals surface area contributed by atoms with Crippen molar-refractivity contribution in [3.63, 3.8) is 0 Å². The summed E-state index contributed by atoms with van der Waals surface area (Å²) in [5.41, 5.74) is -0.439. The van der Waals surface area contributed by atoms with Crippen LogP contribution < -0.4 is 0 Å². The number of carbonyl (C=O) groups excluding carboxylic acids is 1. The second kappa shape index (κ2) is 6.03. The van der Waals surface area contributed by atoms with Crippen LogP contribution in [-0.4, -0.2) is 44.9 Å². The minimum Gasteiger partial charge on any atom is -0.444 e. The highest BCUT2D eigenvalue weighted by Crippen LogP contribution is 2.27. The van der Waals surface area contributed by atoms with E-state index in [2.05, 4.69) is 29.0 Å². The van der Waals surface area contributed by atoms with Crippen LogP contribution in [0, 0.1) is 0 Å². The molecule has 1 aliphatic heterocycles. The number of hydrogen-bond donors (Lipinski definition) is 1. The van der Waals surface area contributed by atoms with Gasteiger partial charge in [0.1, 0.15) is 11.4 Å². The lowest BCUT2D eigenvalue weighted by Gasteiger charge is -2.32. The number of aromatic amines is 1. The molecule has 0 saturated carbocycles. The smallest absolute Gasteiger partial charge is 0.410 e. The van der Waals surface area contributed by atoms with Gasteiger partial charge in [0.05, 0.1) is 0 Å². The van der Waals surface area contributed by atoms with Crippen LogP contribution in [0.3, 0.4) is 0 Å². The first-order valence-corrected chi connectivity index (χ1v) is 7.66. The Hall–Kier alpha value is -1.59. The van der Waals surface area contributed by atoms with E-state index >= 15 is 0 Å². The molecule has 118 valence electrons. The van der Waals surface area contributed by atoms with E-state index in [1.807, 2.05) is 20.8 Å².